The van der Waals surface area contributed by atoms with E-state index < -0.39 is 11.8 Å². The molecule has 3 N–H and O–H groups in total. The summed E-state index contributed by atoms with van der Waals surface area (Å²) in [5.41, 5.74) is 4.57. The van der Waals surface area contributed by atoms with Crippen molar-refractivity contribution in [3.8, 4) is 5.75 Å². The highest BCUT2D eigenvalue weighted by atomic mass is 32.2. The molecule has 150 valence electrons. The van der Waals surface area contributed by atoms with Crippen molar-refractivity contribution in [3.63, 3.8) is 0 Å². The summed E-state index contributed by atoms with van der Waals surface area (Å²) in [5.74, 6) is -0.909. The van der Waals surface area contributed by atoms with Gasteiger partial charge in [0.1, 0.15) is 15.8 Å². The minimum absolute atomic E-state index is 0.0497. The number of thioether (sulfide) groups is 1. The standard InChI is InChI=1S/C19H17N3O5S2/c23-14-7-2-1-6-13(14)17(25)21-20-16(24)8-3-9-22-18(26)15(29-19(22)28)11-12-5-4-10-27-12/h1-2,4-7,10-11,23H,3,8-9H2,(H,20,24)(H,21,25). The van der Waals surface area contributed by atoms with E-state index in [1.807, 2.05) is 0 Å². The van der Waals surface area contributed by atoms with Gasteiger partial charge in [-0.3, -0.25) is 30.1 Å². The molecule has 0 atom stereocenters. The van der Waals surface area contributed by atoms with Crippen LogP contribution in [0.4, 0.5) is 0 Å². The first-order chi connectivity index (χ1) is 14.0. The fourth-order valence-corrected chi connectivity index (χ4v) is 3.80. The Morgan fingerprint density at radius 3 is 2.72 bits per heavy atom. The lowest BCUT2D eigenvalue weighted by molar-refractivity contribution is -0.124. The number of aromatic hydroxyl groups is 1. The third-order valence-corrected chi connectivity index (χ3v) is 5.32. The van der Waals surface area contributed by atoms with Gasteiger partial charge in [0.25, 0.3) is 11.8 Å². The summed E-state index contributed by atoms with van der Waals surface area (Å²) < 4.78 is 5.62. The van der Waals surface area contributed by atoms with Gasteiger partial charge in [-0.05, 0) is 30.7 Å². The van der Waals surface area contributed by atoms with Crippen LogP contribution in [0.15, 0.2) is 52.0 Å². The number of amides is 3. The molecular formula is C19H17N3O5S2. The van der Waals surface area contributed by atoms with Gasteiger partial charge in [0.2, 0.25) is 5.91 Å². The van der Waals surface area contributed by atoms with E-state index in [-0.39, 0.29) is 30.2 Å². The second-order valence-corrected chi connectivity index (χ2v) is 7.65. The van der Waals surface area contributed by atoms with Gasteiger partial charge in [-0.25, -0.2) is 0 Å². The topological polar surface area (TPSA) is 112 Å². The van der Waals surface area contributed by atoms with E-state index in [9.17, 15) is 19.5 Å². The normalized spacial score (nSPS) is 15.0. The van der Waals surface area contributed by atoms with Gasteiger partial charge in [0, 0.05) is 19.0 Å². The van der Waals surface area contributed by atoms with Crippen molar-refractivity contribution in [2.45, 2.75) is 12.8 Å². The van der Waals surface area contributed by atoms with Crippen LogP contribution in [0, 0.1) is 0 Å². The van der Waals surface area contributed by atoms with Crippen molar-refractivity contribution in [1.82, 2.24) is 15.8 Å². The van der Waals surface area contributed by atoms with Gasteiger partial charge in [-0.1, -0.05) is 36.1 Å². The molecule has 1 saturated heterocycles. The van der Waals surface area contributed by atoms with Gasteiger partial charge < -0.3 is 9.52 Å². The summed E-state index contributed by atoms with van der Waals surface area (Å²) in [5, 5.41) is 9.63. The molecule has 1 aliphatic heterocycles. The second kappa shape index (κ2) is 9.39. The third kappa shape index (κ3) is 5.24. The van der Waals surface area contributed by atoms with Crippen LogP contribution in [0.1, 0.15) is 29.0 Å². The fourth-order valence-electron chi connectivity index (χ4n) is 2.52. The van der Waals surface area contributed by atoms with Gasteiger partial charge >= 0.3 is 0 Å². The summed E-state index contributed by atoms with van der Waals surface area (Å²) in [6.07, 6.45) is 3.58. The number of carbonyl (C=O) groups excluding carboxylic acids is 3. The average Bonchev–Trinajstić information content (AvgIpc) is 3.30. The SMILES string of the molecule is O=C(CCCN1C(=O)C(=Cc2ccco2)SC1=S)NNC(=O)c1ccccc1O. The Morgan fingerprint density at radius 1 is 1.21 bits per heavy atom. The van der Waals surface area contributed by atoms with Crippen molar-refractivity contribution >= 4 is 52.1 Å². The molecule has 10 heteroatoms. The Morgan fingerprint density at radius 2 is 2.00 bits per heavy atom. The molecule has 1 aromatic heterocycles. The predicted octanol–water partition coefficient (Wildman–Crippen LogP) is 2.43. The van der Waals surface area contributed by atoms with Crippen LogP contribution in [0.3, 0.4) is 0 Å². The van der Waals surface area contributed by atoms with E-state index in [0.29, 0.717) is 21.4 Å². The van der Waals surface area contributed by atoms with Crippen molar-refractivity contribution in [2.75, 3.05) is 6.54 Å². The zero-order chi connectivity index (χ0) is 20.8. The molecule has 2 aromatic rings. The molecule has 0 spiro atoms. The van der Waals surface area contributed by atoms with E-state index in [2.05, 4.69) is 10.9 Å². The predicted molar refractivity (Wildman–Crippen MR) is 112 cm³/mol. The van der Waals surface area contributed by atoms with E-state index in [1.165, 1.54) is 35.1 Å². The zero-order valence-electron chi connectivity index (χ0n) is 15.1. The zero-order valence-corrected chi connectivity index (χ0v) is 16.7. The lowest BCUT2D eigenvalue weighted by atomic mass is 10.2. The van der Waals surface area contributed by atoms with Gasteiger partial charge in [0.15, 0.2) is 0 Å². The molecule has 0 radical (unpaired) electrons. The molecule has 0 unspecified atom stereocenters. The Hall–Kier alpha value is -3.11. The molecule has 0 saturated carbocycles. The maximum atomic E-state index is 12.4. The molecular weight excluding hydrogens is 414 g/mol. The Balaban J connectivity index is 1.44. The van der Waals surface area contributed by atoms with Crippen LogP contribution < -0.4 is 10.9 Å². The number of hydrogen-bond donors (Lipinski definition) is 3. The minimum Gasteiger partial charge on any atom is -0.507 e. The number of para-hydroxylation sites is 1. The largest absolute Gasteiger partial charge is 0.507 e. The number of rotatable bonds is 6. The fraction of sp³-hybridized carbons (Fsp3) is 0.158. The molecule has 2 heterocycles. The highest BCUT2D eigenvalue weighted by Gasteiger charge is 2.31. The number of thiocarbonyl (C=S) groups is 1. The van der Waals surface area contributed by atoms with E-state index in [0.717, 1.165) is 0 Å². The number of nitrogens with zero attached hydrogens (tertiary/aromatic N) is 1. The van der Waals surface area contributed by atoms with Crippen LogP contribution in [-0.4, -0.2) is 38.6 Å². The number of phenols is 1. The quantitative estimate of drug-likeness (QED) is 0.366. The Labute approximate surface area is 175 Å². The monoisotopic (exact) mass is 431 g/mol. The molecule has 1 aliphatic rings. The van der Waals surface area contributed by atoms with E-state index in [1.54, 1.807) is 30.3 Å². The minimum atomic E-state index is -0.628. The Bertz CT molecular complexity index is 972. The number of carbonyl (C=O) groups is 3. The molecule has 3 rings (SSSR count). The molecule has 3 amide bonds. The number of benzene rings is 1. The molecule has 1 aromatic carbocycles. The number of furan rings is 1. The second-order valence-electron chi connectivity index (χ2n) is 5.97. The van der Waals surface area contributed by atoms with Crippen LogP contribution in [-0.2, 0) is 9.59 Å². The summed E-state index contributed by atoms with van der Waals surface area (Å²) in [6, 6.07) is 9.45. The van der Waals surface area contributed by atoms with Crippen molar-refractivity contribution in [1.29, 1.82) is 0 Å². The first-order valence-electron chi connectivity index (χ1n) is 8.62. The van der Waals surface area contributed by atoms with E-state index >= 15 is 0 Å². The summed E-state index contributed by atoms with van der Waals surface area (Å²) in [7, 11) is 0. The summed E-state index contributed by atoms with van der Waals surface area (Å²) >= 11 is 6.42. The van der Waals surface area contributed by atoms with Crippen LogP contribution >= 0.6 is 24.0 Å². The molecule has 8 nitrogen and oxygen atoms in total. The smallest absolute Gasteiger partial charge is 0.273 e. The first kappa shape index (κ1) is 20.6. The van der Waals surface area contributed by atoms with Gasteiger partial charge in [0.05, 0.1) is 16.7 Å². The number of phenolic OH excluding ortho intramolecular Hbond substituents is 1. The summed E-state index contributed by atoms with van der Waals surface area (Å²) in [6.45, 7) is 0.279. The molecule has 0 bridgehead atoms. The maximum absolute atomic E-state index is 12.4. The van der Waals surface area contributed by atoms with Gasteiger partial charge in [-0.2, -0.15) is 0 Å². The highest BCUT2D eigenvalue weighted by Crippen LogP contribution is 2.32. The average molecular weight is 431 g/mol. The molecule has 0 aliphatic carbocycles. The number of hydrogen-bond acceptors (Lipinski definition) is 7. The molecule has 1 fully saturated rings. The molecule has 29 heavy (non-hydrogen) atoms. The lowest BCUT2D eigenvalue weighted by Gasteiger charge is -2.14. The van der Waals surface area contributed by atoms with Crippen molar-refractivity contribution < 1.29 is 23.9 Å². The Kier molecular flexibility index (Phi) is 6.68. The van der Waals surface area contributed by atoms with Crippen LogP contribution in [0.25, 0.3) is 6.08 Å². The van der Waals surface area contributed by atoms with Crippen molar-refractivity contribution in [2.24, 2.45) is 0 Å². The van der Waals surface area contributed by atoms with Crippen LogP contribution in [0.2, 0.25) is 0 Å². The number of nitrogens with one attached hydrogen (secondary N) is 2. The van der Waals surface area contributed by atoms with E-state index in [4.69, 9.17) is 16.6 Å². The van der Waals surface area contributed by atoms with Crippen molar-refractivity contribution in [3.05, 3.63) is 58.9 Å². The summed E-state index contributed by atoms with van der Waals surface area (Å²) in [4.78, 5) is 38.2. The maximum Gasteiger partial charge on any atom is 0.273 e. The highest BCUT2D eigenvalue weighted by molar-refractivity contribution is 8.26. The lowest BCUT2D eigenvalue weighted by Crippen LogP contribution is -2.42. The van der Waals surface area contributed by atoms with Gasteiger partial charge in [-0.15, -0.1) is 0 Å². The first-order valence-corrected chi connectivity index (χ1v) is 9.84. The number of hydrazine groups is 1. The van der Waals surface area contributed by atoms with Crippen LogP contribution in [0.5, 0.6) is 5.75 Å². The third-order valence-electron chi connectivity index (χ3n) is 3.94.